The molecule has 0 aliphatic carbocycles. The lowest BCUT2D eigenvalue weighted by atomic mass is 9.43. The molecule has 15 aromatic rings. The van der Waals surface area contributed by atoms with E-state index in [2.05, 4.69) is 352 Å². The quantitative estimate of drug-likeness (QED) is 0.142. The van der Waals surface area contributed by atoms with Crippen LogP contribution in [0.1, 0.15) is 105 Å². The molecule has 12 aromatic carbocycles. The maximum atomic E-state index is 7.51. The van der Waals surface area contributed by atoms with E-state index in [0.29, 0.717) is 0 Å². The van der Waals surface area contributed by atoms with Crippen molar-refractivity contribution in [2.45, 2.75) is 105 Å². The van der Waals surface area contributed by atoms with Crippen LogP contribution in [0.15, 0.2) is 264 Å². The molecule has 2 aliphatic rings. The smallest absolute Gasteiger partial charge is 0.333 e. The lowest BCUT2D eigenvalue weighted by Crippen LogP contribution is -2.61. The minimum absolute atomic E-state index is 0.0221. The van der Waals surface area contributed by atoms with E-state index in [1.54, 1.807) is 0 Å². The van der Waals surface area contributed by atoms with E-state index in [9.17, 15) is 0 Å². The van der Waals surface area contributed by atoms with Gasteiger partial charge in [0.05, 0.1) is 11.4 Å². The fraction of sp³-hybridized carbons (Fsp3) is 0.178. The molecule has 0 amide bonds. The van der Waals surface area contributed by atoms with Crippen LogP contribution in [0, 0.1) is 0 Å². The standard InChI is InChI=1S/C90H78BN3O2S/c1-87(2,3)58-32-39-62(40-33-58)92(63-41-34-59(35-42-63)88(4,5)6)65-45-46-67-70-50-69-71-51-72-66-30-22-23-31-79(66)95-86(72)83-82(71)91(94(77(69)54-81(70)97-80(67)49-65)64-43-36-60(37-44-64)89(7,8)9)75-52-73-74(85(57-28-20-15-21-29-57)96-84(73)56-26-18-14-19-27-56)53-78(75)93(83)76-47-38-61(90(10,11)12)48-68(76)55-24-16-13-17-25-55/h13-54H,1-12H3. The molecule has 0 atom stereocenters. The molecule has 7 heteroatoms. The Morgan fingerprint density at radius 3 is 1.44 bits per heavy atom. The third-order valence-electron chi connectivity index (χ3n) is 20.5. The summed E-state index contributed by atoms with van der Waals surface area (Å²) in [6.45, 7) is 27.2. The Morgan fingerprint density at radius 1 is 0.351 bits per heavy atom. The highest BCUT2D eigenvalue weighted by Gasteiger charge is 2.48. The van der Waals surface area contributed by atoms with Crippen LogP contribution < -0.4 is 25.5 Å². The van der Waals surface area contributed by atoms with Crippen molar-refractivity contribution in [2.24, 2.45) is 0 Å². The zero-order chi connectivity index (χ0) is 66.6. The number of furan rings is 2. The molecule has 0 saturated carbocycles. The van der Waals surface area contributed by atoms with Gasteiger partial charge in [0.15, 0.2) is 5.58 Å². The summed E-state index contributed by atoms with van der Waals surface area (Å²) in [5.41, 5.74) is 24.5. The molecule has 3 aromatic heterocycles. The first-order valence-electron chi connectivity index (χ1n) is 34.2. The molecule has 0 spiro atoms. The largest absolute Gasteiger partial charge is 0.455 e. The highest BCUT2D eigenvalue weighted by Crippen LogP contribution is 2.56. The third-order valence-corrected chi connectivity index (χ3v) is 21.6. The van der Waals surface area contributed by atoms with Crippen LogP contribution in [-0.4, -0.2) is 6.85 Å². The van der Waals surface area contributed by atoms with E-state index < -0.39 is 0 Å². The predicted octanol–water partition coefficient (Wildman–Crippen LogP) is 25.1. The summed E-state index contributed by atoms with van der Waals surface area (Å²) in [4.78, 5) is 7.68. The maximum Gasteiger partial charge on any atom is 0.333 e. The molecule has 0 fully saturated rings. The monoisotopic (exact) mass is 1280 g/mol. The Balaban J connectivity index is 0.987. The van der Waals surface area contributed by atoms with Gasteiger partial charge in [0.25, 0.3) is 0 Å². The number of anilines is 8. The fourth-order valence-electron chi connectivity index (χ4n) is 15.2. The first-order chi connectivity index (χ1) is 46.6. The van der Waals surface area contributed by atoms with Crippen molar-refractivity contribution in [1.29, 1.82) is 0 Å². The minimum Gasteiger partial charge on any atom is -0.455 e. The first-order valence-corrected chi connectivity index (χ1v) is 35.1. The first kappa shape index (κ1) is 60.3. The molecule has 0 unspecified atom stereocenters. The van der Waals surface area contributed by atoms with Crippen LogP contribution in [0.25, 0.3) is 97.8 Å². The second-order valence-corrected chi connectivity index (χ2v) is 32.0. The van der Waals surface area contributed by atoms with Crippen molar-refractivity contribution in [1.82, 2.24) is 0 Å². The lowest BCUT2D eigenvalue weighted by Gasteiger charge is -2.46. The Bertz CT molecular complexity index is 5540. The molecule has 17 rings (SSSR count). The van der Waals surface area contributed by atoms with Gasteiger partial charge < -0.3 is 23.4 Å². The van der Waals surface area contributed by atoms with Gasteiger partial charge in [0, 0.05) is 98.1 Å². The molecule has 2 aliphatic heterocycles. The van der Waals surface area contributed by atoms with E-state index in [1.165, 1.54) is 59.0 Å². The molecular formula is C90H78BN3O2S. The number of para-hydroxylation sites is 1. The van der Waals surface area contributed by atoms with Crippen molar-refractivity contribution in [3.63, 3.8) is 0 Å². The maximum absolute atomic E-state index is 7.51. The van der Waals surface area contributed by atoms with Crippen LogP contribution in [-0.2, 0) is 21.7 Å². The summed E-state index contributed by atoms with van der Waals surface area (Å²) in [7, 11) is 0. The third kappa shape index (κ3) is 10.0. The lowest BCUT2D eigenvalue weighted by molar-refractivity contribution is 0.590. The van der Waals surface area contributed by atoms with Crippen LogP contribution in [0.3, 0.4) is 0 Å². The molecule has 0 radical (unpaired) electrons. The molecule has 474 valence electrons. The minimum atomic E-state index is -0.361. The summed E-state index contributed by atoms with van der Waals surface area (Å²) in [5, 5.41) is 6.70. The fourth-order valence-corrected chi connectivity index (χ4v) is 16.4. The van der Waals surface area contributed by atoms with Crippen molar-refractivity contribution >= 4 is 127 Å². The average Bonchev–Trinajstić information content (AvgIpc) is 1.67. The van der Waals surface area contributed by atoms with E-state index in [1.807, 2.05) is 11.3 Å². The Hall–Kier alpha value is -10.3. The molecule has 5 nitrogen and oxygen atoms in total. The van der Waals surface area contributed by atoms with Gasteiger partial charge in [0.2, 0.25) is 0 Å². The Labute approximate surface area is 574 Å². The number of hydrogen-bond donors (Lipinski definition) is 0. The molecule has 0 N–H and O–H groups in total. The van der Waals surface area contributed by atoms with Crippen molar-refractivity contribution < 1.29 is 8.83 Å². The van der Waals surface area contributed by atoms with Gasteiger partial charge in [-0.05, 0) is 157 Å². The number of thiophene rings is 1. The van der Waals surface area contributed by atoms with Crippen molar-refractivity contribution in [3.8, 4) is 44.9 Å². The van der Waals surface area contributed by atoms with E-state index in [4.69, 9.17) is 8.83 Å². The van der Waals surface area contributed by atoms with Crippen LogP contribution >= 0.6 is 11.3 Å². The highest BCUT2D eigenvalue weighted by molar-refractivity contribution is 7.26. The Kier molecular flexibility index (Phi) is 13.8. The summed E-state index contributed by atoms with van der Waals surface area (Å²) >= 11 is 1.88. The zero-order valence-corrected chi connectivity index (χ0v) is 58.2. The normalized spacial score (nSPS) is 13.3. The van der Waals surface area contributed by atoms with E-state index in [0.717, 1.165) is 117 Å². The number of hydrogen-bond acceptors (Lipinski definition) is 6. The van der Waals surface area contributed by atoms with Crippen molar-refractivity contribution in [2.75, 3.05) is 14.6 Å². The SMILES string of the molecule is CC(C)(C)c1ccc(N2B3c4cc5c(-c6ccccc6)oc(-c6ccccc6)c5cc4N(c4ccc(C(C)(C)C)cc4-c4ccccc4)c4c3c(cc3c4oc4ccccc43)-c3cc4c(cc32)sc2cc(N(c3ccc(C(C)(C)C)cc3)c3ccc(C(C)(C)C)cc3)ccc24)cc1. The van der Waals surface area contributed by atoms with Crippen molar-refractivity contribution in [3.05, 3.63) is 277 Å². The number of fused-ring (bicyclic) bond motifs is 12. The highest BCUT2D eigenvalue weighted by atomic mass is 32.1. The molecule has 5 heterocycles. The van der Waals surface area contributed by atoms with Crippen LogP contribution in [0.4, 0.5) is 45.5 Å². The average molecular weight is 1280 g/mol. The summed E-state index contributed by atoms with van der Waals surface area (Å²) < 4.78 is 17.3. The zero-order valence-electron chi connectivity index (χ0n) is 57.4. The molecule has 97 heavy (non-hydrogen) atoms. The second-order valence-electron chi connectivity index (χ2n) is 30.9. The molecule has 0 saturated heterocycles. The van der Waals surface area contributed by atoms with Gasteiger partial charge in [-0.2, -0.15) is 0 Å². The number of rotatable bonds is 8. The van der Waals surface area contributed by atoms with Gasteiger partial charge >= 0.3 is 6.85 Å². The number of nitrogens with zero attached hydrogens (tertiary/aromatic N) is 3. The van der Waals surface area contributed by atoms with Crippen LogP contribution in [0.2, 0.25) is 0 Å². The van der Waals surface area contributed by atoms with Gasteiger partial charge in [-0.15, -0.1) is 11.3 Å². The van der Waals surface area contributed by atoms with Gasteiger partial charge in [-0.3, -0.25) is 0 Å². The van der Waals surface area contributed by atoms with Gasteiger partial charge in [0.1, 0.15) is 17.1 Å². The number of benzene rings is 12. The molecule has 0 bridgehead atoms. The molecular weight excluding hydrogens is 1200 g/mol. The van der Waals surface area contributed by atoms with Gasteiger partial charge in [-0.25, -0.2) is 0 Å². The topological polar surface area (TPSA) is 36.0 Å². The van der Waals surface area contributed by atoms with Gasteiger partial charge in [-0.1, -0.05) is 247 Å². The van der Waals surface area contributed by atoms with Crippen LogP contribution in [0.5, 0.6) is 0 Å². The van der Waals surface area contributed by atoms with E-state index in [-0.39, 0.29) is 28.5 Å². The summed E-state index contributed by atoms with van der Waals surface area (Å²) in [6.07, 6.45) is 0. The summed E-state index contributed by atoms with van der Waals surface area (Å²) in [6, 6.07) is 95.5. The van der Waals surface area contributed by atoms with E-state index >= 15 is 0 Å². The summed E-state index contributed by atoms with van der Waals surface area (Å²) in [5.74, 6) is 1.67. The predicted molar refractivity (Wildman–Crippen MR) is 416 cm³/mol. The second kappa shape index (κ2) is 22.1. The Morgan fingerprint density at radius 2 is 0.856 bits per heavy atom.